The van der Waals surface area contributed by atoms with E-state index in [-0.39, 0.29) is 18.7 Å². The van der Waals surface area contributed by atoms with E-state index in [1.165, 1.54) is 5.01 Å². The minimum absolute atomic E-state index is 0.0292. The lowest BCUT2D eigenvalue weighted by molar-refractivity contribution is 0.0106. The highest BCUT2D eigenvalue weighted by Crippen LogP contribution is 2.23. The average molecular weight is 363 g/mol. The first-order chi connectivity index (χ1) is 12.2. The van der Waals surface area contributed by atoms with Crippen molar-refractivity contribution in [3.63, 3.8) is 0 Å². The van der Waals surface area contributed by atoms with Gasteiger partial charge in [0.15, 0.2) is 0 Å². The number of carbonyl (C=O) groups excluding carboxylic acids is 2. The third-order valence-electron chi connectivity index (χ3n) is 4.23. The summed E-state index contributed by atoms with van der Waals surface area (Å²) in [6, 6.07) is 9.49. The molecule has 1 saturated carbocycles. The predicted octanol–water partition coefficient (Wildman–Crippen LogP) is 3.33. The molecule has 1 aromatic carbocycles. The van der Waals surface area contributed by atoms with Crippen molar-refractivity contribution in [3.05, 3.63) is 35.9 Å². The van der Waals surface area contributed by atoms with Gasteiger partial charge in [-0.3, -0.25) is 0 Å². The maximum Gasteiger partial charge on any atom is 0.424 e. The molecule has 0 bridgehead atoms. The molecule has 1 fully saturated rings. The van der Waals surface area contributed by atoms with Crippen LogP contribution >= 0.6 is 0 Å². The fourth-order valence-electron chi connectivity index (χ4n) is 2.89. The number of nitrogens with two attached hydrogens (primary N) is 1. The molecule has 2 amide bonds. The largest absolute Gasteiger partial charge is 0.445 e. The number of nitrogens with zero attached hydrogens (tertiary/aromatic N) is 1. The molecule has 0 spiro atoms. The Balaban J connectivity index is 1.70. The highest BCUT2D eigenvalue weighted by molar-refractivity contribution is 5.68. The number of carbonyl (C=O) groups is 2. The molecule has 1 aliphatic carbocycles. The number of ether oxygens (including phenoxy) is 2. The zero-order valence-corrected chi connectivity index (χ0v) is 15.7. The van der Waals surface area contributed by atoms with Gasteiger partial charge in [-0.15, -0.1) is 0 Å². The first-order valence-electron chi connectivity index (χ1n) is 8.99. The van der Waals surface area contributed by atoms with E-state index in [2.05, 4.69) is 5.32 Å². The Labute approximate surface area is 154 Å². The molecule has 0 aliphatic heterocycles. The standard InChI is InChI=1S/C19H29N3O4/c1-19(2,3)26-18(24)22(20)16-11-9-15(10-12-16)21-17(23)25-13-14-7-5-4-6-8-14/h4-8,15-16H,9-13,20H2,1-3H3,(H,21,23). The Morgan fingerprint density at radius 1 is 1.15 bits per heavy atom. The summed E-state index contributed by atoms with van der Waals surface area (Å²) in [6.07, 6.45) is 1.95. The maximum absolute atomic E-state index is 12.0. The van der Waals surface area contributed by atoms with Crippen LogP contribution < -0.4 is 11.2 Å². The van der Waals surface area contributed by atoms with Crippen molar-refractivity contribution in [1.82, 2.24) is 10.3 Å². The van der Waals surface area contributed by atoms with Crippen LogP contribution in [0, 0.1) is 0 Å². The third kappa shape index (κ3) is 6.55. The van der Waals surface area contributed by atoms with Crippen LogP contribution in [-0.2, 0) is 16.1 Å². The smallest absolute Gasteiger partial charge is 0.424 e. The molecule has 7 nitrogen and oxygen atoms in total. The highest BCUT2D eigenvalue weighted by atomic mass is 16.6. The Kier molecular flexibility index (Phi) is 6.85. The molecule has 7 heteroatoms. The van der Waals surface area contributed by atoms with Gasteiger partial charge in [0.25, 0.3) is 0 Å². The van der Waals surface area contributed by atoms with E-state index in [0.29, 0.717) is 12.8 Å². The third-order valence-corrected chi connectivity index (χ3v) is 4.23. The van der Waals surface area contributed by atoms with Gasteiger partial charge >= 0.3 is 12.2 Å². The van der Waals surface area contributed by atoms with Gasteiger partial charge in [-0.25, -0.2) is 20.4 Å². The highest BCUT2D eigenvalue weighted by Gasteiger charge is 2.30. The predicted molar refractivity (Wildman–Crippen MR) is 98.1 cm³/mol. The first-order valence-corrected chi connectivity index (χ1v) is 8.99. The number of hydrazine groups is 1. The Morgan fingerprint density at radius 2 is 1.77 bits per heavy atom. The number of benzene rings is 1. The molecule has 0 atom stereocenters. The minimum Gasteiger partial charge on any atom is -0.445 e. The molecule has 0 aromatic heterocycles. The Bertz CT molecular complexity index is 593. The van der Waals surface area contributed by atoms with Gasteiger partial charge in [0.1, 0.15) is 12.2 Å². The summed E-state index contributed by atoms with van der Waals surface area (Å²) >= 11 is 0. The molecule has 144 valence electrons. The van der Waals surface area contributed by atoms with Gasteiger partial charge in [-0.2, -0.15) is 0 Å². The number of amides is 2. The molecule has 26 heavy (non-hydrogen) atoms. The van der Waals surface area contributed by atoms with Crippen molar-refractivity contribution in [2.45, 2.75) is 70.7 Å². The van der Waals surface area contributed by atoms with Gasteiger partial charge in [-0.1, -0.05) is 30.3 Å². The van der Waals surface area contributed by atoms with E-state index in [4.69, 9.17) is 15.3 Å². The van der Waals surface area contributed by atoms with E-state index in [9.17, 15) is 9.59 Å². The molecule has 0 saturated heterocycles. The van der Waals surface area contributed by atoms with Crippen LogP contribution in [-0.4, -0.2) is 34.9 Å². The molecular formula is C19H29N3O4. The normalized spacial score (nSPS) is 20.2. The van der Waals surface area contributed by atoms with Crippen molar-refractivity contribution in [2.75, 3.05) is 0 Å². The van der Waals surface area contributed by atoms with Crippen molar-refractivity contribution in [2.24, 2.45) is 5.84 Å². The fraction of sp³-hybridized carbons (Fsp3) is 0.579. The van der Waals surface area contributed by atoms with Gasteiger partial charge in [0, 0.05) is 6.04 Å². The molecule has 1 aliphatic rings. The second kappa shape index (κ2) is 8.89. The van der Waals surface area contributed by atoms with E-state index < -0.39 is 17.8 Å². The van der Waals surface area contributed by atoms with Crippen LogP contribution in [0.25, 0.3) is 0 Å². The van der Waals surface area contributed by atoms with Crippen LogP contribution in [0.1, 0.15) is 52.0 Å². The Morgan fingerprint density at radius 3 is 2.35 bits per heavy atom. The van der Waals surface area contributed by atoms with E-state index in [0.717, 1.165) is 18.4 Å². The maximum atomic E-state index is 12.0. The summed E-state index contributed by atoms with van der Waals surface area (Å²) in [5, 5.41) is 4.06. The van der Waals surface area contributed by atoms with Gasteiger partial charge in [0.05, 0.1) is 6.04 Å². The number of hydrogen-bond donors (Lipinski definition) is 2. The van der Waals surface area contributed by atoms with Crippen LogP contribution in [0.5, 0.6) is 0 Å². The van der Waals surface area contributed by atoms with Crippen molar-refractivity contribution in [3.8, 4) is 0 Å². The average Bonchev–Trinajstić information content (AvgIpc) is 2.59. The first kappa shape index (κ1) is 20.0. The number of alkyl carbamates (subject to hydrolysis) is 1. The van der Waals surface area contributed by atoms with E-state index >= 15 is 0 Å². The molecule has 3 N–H and O–H groups in total. The Hall–Kier alpha value is -2.28. The van der Waals surface area contributed by atoms with Gasteiger partial charge in [-0.05, 0) is 52.0 Å². The molecule has 0 unspecified atom stereocenters. The SMILES string of the molecule is CC(C)(C)OC(=O)N(N)C1CCC(NC(=O)OCc2ccccc2)CC1. The summed E-state index contributed by atoms with van der Waals surface area (Å²) in [7, 11) is 0. The molecular weight excluding hydrogens is 334 g/mol. The summed E-state index contributed by atoms with van der Waals surface area (Å²) in [6.45, 7) is 5.67. The van der Waals surface area contributed by atoms with Crippen LogP contribution in [0.2, 0.25) is 0 Å². The monoisotopic (exact) mass is 363 g/mol. The zero-order valence-electron chi connectivity index (χ0n) is 15.7. The summed E-state index contributed by atoms with van der Waals surface area (Å²) < 4.78 is 10.5. The van der Waals surface area contributed by atoms with Gasteiger partial charge in [0.2, 0.25) is 0 Å². The van der Waals surface area contributed by atoms with Crippen LogP contribution in [0.15, 0.2) is 30.3 Å². The van der Waals surface area contributed by atoms with E-state index in [1.807, 2.05) is 30.3 Å². The lowest BCUT2D eigenvalue weighted by Crippen LogP contribution is -2.51. The van der Waals surface area contributed by atoms with Gasteiger partial charge < -0.3 is 14.8 Å². The summed E-state index contributed by atoms with van der Waals surface area (Å²) in [5.41, 5.74) is 0.373. The van der Waals surface area contributed by atoms with Crippen molar-refractivity contribution >= 4 is 12.2 Å². The zero-order chi connectivity index (χ0) is 19.2. The molecule has 0 radical (unpaired) electrons. The quantitative estimate of drug-likeness (QED) is 0.486. The second-order valence-electron chi connectivity index (χ2n) is 7.60. The second-order valence-corrected chi connectivity index (χ2v) is 7.60. The number of rotatable bonds is 4. The van der Waals surface area contributed by atoms with Crippen LogP contribution in [0.3, 0.4) is 0 Å². The van der Waals surface area contributed by atoms with Crippen LogP contribution in [0.4, 0.5) is 9.59 Å². The molecule has 1 aromatic rings. The van der Waals surface area contributed by atoms with E-state index in [1.54, 1.807) is 20.8 Å². The molecule has 0 heterocycles. The summed E-state index contributed by atoms with van der Waals surface area (Å²) in [5.74, 6) is 5.90. The number of nitrogens with one attached hydrogen (secondary N) is 1. The topological polar surface area (TPSA) is 93.9 Å². The van der Waals surface area contributed by atoms with Crippen molar-refractivity contribution < 1.29 is 19.1 Å². The lowest BCUT2D eigenvalue weighted by Gasteiger charge is -2.34. The minimum atomic E-state index is -0.573. The molecule has 2 rings (SSSR count). The number of hydrogen-bond acceptors (Lipinski definition) is 5. The lowest BCUT2D eigenvalue weighted by atomic mass is 9.91. The summed E-state index contributed by atoms with van der Waals surface area (Å²) in [4.78, 5) is 23.9. The fourth-order valence-corrected chi connectivity index (χ4v) is 2.89. The van der Waals surface area contributed by atoms with Crippen molar-refractivity contribution in [1.29, 1.82) is 0 Å².